The quantitative estimate of drug-likeness (QED) is 0.236. The van der Waals surface area contributed by atoms with Gasteiger partial charge in [0, 0.05) is 0 Å². The third-order valence-corrected chi connectivity index (χ3v) is 1.99. The maximum atomic E-state index is 9.12. The zero-order valence-electron chi connectivity index (χ0n) is 6.61. The van der Waals surface area contributed by atoms with Crippen LogP contribution in [0, 0.1) is 0 Å². The van der Waals surface area contributed by atoms with Crippen LogP contribution in [0.5, 0.6) is 0 Å². The van der Waals surface area contributed by atoms with Gasteiger partial charge in [-0.25, -0.2) is 0 Å². The second-order valence-corrected chi connectivity index (χ2v) is 2.93. The van der Waals surface area contributed by atoms with Crippen molar-refractivity contribution in [1.82, 2.24) is 0 Å². The number of rotatable bonds is 1. The van der Waals surface area contributed by atoms with Crippen LogP contribution in [0.3, 0.4) is 0 Å². The van der Waals surface area contributed by atoms with Crippen molar-refractivity contribution in [3.05, 3.63) is 0 Å². The molecular weight excluding hydrogens is 184 g/mol. The van der Waals surface area contributed by atoms with Crippen molar-refractivity contribution in [3.8, 4) is 0 Å². The number of ether oxygens (including phenoxy) is 1. The Morgan fingerprint density at radius 1 is 1.15 bits per heavy atom. The van der Waals surface area contributed by atoms with E-state index in [-0.39, 0.29) is 0 Å². The maximum Gasteiger partial charge on any atom is 0.245 e. The highest BCUT2D eigenvalue weighted by Gasteiger charge is 2.53. The Kier molecular flexibility index (Phi) is 2.88. The number of aliphatic hydroxyl groups is 6. The van der Waals surface area contributed by atoms with Gasteiger partial charge in [0.1, 0.15) is 18.3 Å². The van der Waals surface area contributed by atoms with Crippen molar-refractivity contribution in [2.24, 2.45) is 0 Å². The van der Waals surface area contributed by atoms with Crippen molar-refractivity contribution in [2.45, 2.75) is 30.4 Å². The molecule has 4 atom stereocenters. The number of hydrogen-bond donors (Lipinski definition) is 6. The zero-order chi connectivity index (χ0) is 10.2. The zero-order valence-corrected chi connectivity index (χ0v) is 6.61. The van der Waals surface area contributed by atoms with Gasteiger partial charge in [0.05, 0.1) is 6.61 Å². The maximum absolute atomic E-state index is 9.12. The molecule has 0 radical (unpaired) electrons. The van der Waals surface area contributed by atoms with E-state index in [1.165, 1.54) is 0 Å². The standard InChI is InChI=1S/C6H12O7/c7-1-2-3(8)4(9)6(11,12)5(10)13-2/h2-5,7-12H,1H2/t2-,3-,4+,5-/m1/s1. The molecule has 7 heteroatoms. The van der Waals surface area contributed by atoms with E-state index in [0.29, 0.717) is 0 Å². The van der Waals surface area contributed by atoms with E-state index < -0.39 is 37.0 Å². The fraction of sp³-hybridized carbons (Fsp3) is 1.00. The van der Waals surface area contributed by atoms with Crippen LogP contribution in [0.4, 0.5) is 0 Å². The van der Waals surface area contributed by atoms with Gasteiger partial charge in [-0.2, -0.15) is 0 Å². The molecule has 0 aromatic rings. The predicted molar refractivity (Wildman–Crippen MR) is 37.1 cm³/mol. The van der Waals surface area contributed by atoms with E-state index in [1.54, 1.807) is 0 Å². The van der Waals surface area contributed by atoms with Crippen LogP contribution in [-0.2, 0) is 4.74 Å². The molecule has 1 aliphatic rings. The van der Waals surface area contributed by atoms with Crippen molar-refractivity contribution in [3.63, 3.8) is 0 Å². The topological polar surface area (TPSA) is 131 Å². The Hall–Kier alpha value is -0.280. The number of aliphatic hydroxyl groups excluding tert-OH is 4. The molecule has 0 unspecified atom stereocenters. The van der Waals surface area contributed by atoms with Gasteiger partial charge in [0.25, 0.3) is 0 Å². The minimum absolute atomic E-state index is 0.647. The minimum atomic E-state index is -2.93. The van der Waals surface area contributed by atoms with Gasteiger partial charge in [-0.3, -0.25) is 0 Å². The van der Waals surface area contributed by atoms with E-state index in [9.17, 15) is 0 Å². The first-order valence-electron chi connectivity index (χ1n) is 3.66. The molecule has 0 aliphatic carbocycles. The number of hydrogen-bond acceptors (Lipinski definition) is 7. The molecule has 1 rings (SSSR count). The van der Waals surface area contributed by atoms with E-state index in [0.717, 1.165) is 0 Å². The highest BCUT2D eigenvalue weighted by Crippen LogP contribution is 2.26. The van der Waals surface area contributed by atoms with Crippen molar-refractivity contribution < 1.29 is 35.4 Å². The van der Waals surface area contributed by atoms with E-state index >= 15 is 0 Å². The molecule has 1 fully saturated rings. The summed E-state index contributed by atoms with van der Waals surface area (Å²) in [5, 5.41) is 53.7. The molecule has 0 spiro atoms. The molecule has 0 bridgehead atoms. The van der Waals surface area contributed by atoms with Gasteiger partial charge in [0.15, 0.2) is 0 Å². The molecule has 1 aliphatic heterocycles. The fourth-order valence-corrected chi connectivity index (χ4v) is 1.10. The molecule has 6 N–H and O–H groups in total. The van der Waals surface area contributed by atoms with Gasteiger partial charge in [-0.15, -0.1) is 0 Å². The minimum Gasteiger partial charge on any atom is -0.394 e. The summed E-state index contributed by atoms with van der Waals surface area (Å²) < 4.78 is 4.43. The third kappa shape index (κ3) is 1.67. The lowest BCUT2D eigenvalue weighted by Crippen LogP contribution is -2.66. The summed E-state index contributed by atoms with van der Waals surface area (Å²) in [6.07, 6.45) is -6.96. The smallest absolute Gasteiger partial charge is 0.245 e. The summed E-state index contributed by atoms with van der Waals surface area (Å²) in [5.74, 6) is -2.93. The molecule has 0 aromatic heterocycles. The lowest BCUT2D eigenvalue weighted by molar-refractivity contribution is -0.395. The van der Waals surface area contributed by atoms with Gasteiger partial charge < -0.3 is 35.4 Å². The van der Waals surface area contributed by atoms with Gasteiger partial charge in [0.2, 0.25) is 12.1 Å². The highest BCUT2D eigenvalue weighted by atomic mass is 16.7. The first kappa shape index (κ1) is 10.8. The summed E-state index contributed by atoms with van der Waals surface area (Å²) in [5.41, 5.74) is 0. The summed E-state index contributed by atoms with van der Waals surface area (Å²) in [4.78, 5) is 0. The van der Waals surface area contributed by atoms with Crippen LogP contribution < -0.4 is 0 Å². The van der Waals surface area contributed by atoms with Crippen LogP contribution in [0.15, 0.2) is 0 Å². The van der Waals surface area contributed by atoms with E-state index in [1.807, 2.05) is 0 Å². The highest BCUT2D eigenvalue weighted by molar-refractivity contribution is 4.92. The summed E-state index contributed by atoms with van der Waals surface area (Å²) in [6, 6.07) is 0. The largest absolute Gasteiger partial charge is 0.394 e. The van der Waals surface area contributed by atoms with Crippen LogP contribution in [-0.4, -0.2) is 67.6 Å². The third-order valence-electron chi connectivity index (χ3n) is 1.99. The lowest BCUT2D eigenvalue weighted by Gasteiger charge is -2.42. The first-order valence-corrected chi connectivity index (χ1v) is 3.66. The lowest BCUT2D eigenvalue weighted by atomic mass is 9.96. The SMILES string of the molecule is OC[C@H]1O[C@@H](O)C(O)(O)[C@@H](O)[C@@H]1O. The molecule has 7 nitrogen and oxygen atoms in total. The predicted octanol–water partition coefficient (Wildman–Crippen LogP) is -3.90. The van der Waals surface area contributed by atoms with Gasteiger partial charge in [-0.1, -0.05) is 0 Å². The molecule has 13 heavy (non-hydrogen) atoms. The van der Waals surface area contributed by atoms with Gasteiger partial charge >= 0.3 is 0 Å². The summed E-state index contributed by atoms with van der Waals surface area (Å²) >= 11 is 0. The fourth-order valence-electron chi connectivity index (χ4n) is 1.10. The van der Waals surface area contributed by atoms with Crippen LogP contribution in [0.2, 0.25) is 0 Å². The molecular formula is C6H12O7. The van der Waals surface area contributed by atoms with Gasteiger partial charge in [-0.05, 0) is 0 Å². The molecule has 0 amide bonds. The Bertz CT molecular complexity index is 182. The average Bonchev–Trinajstić information content (AvgIpc) is 2.09. The second kappa shape index (κ2) is 3.46. The molecule has 1 heterocycles. The Morgan fingerprint density at radius 2 is 1.69 bits per heavy atom. The normalized spacial score (nSPS) is 44.8. The molecule has 78 valence electrons. The Balaban J connectivity index is 2.79. The van der Waals surface area contributed by atoms with Crippen molar-refractivity contribution in [1.29, 1.82) is 0 Å². The first-order chi connectivity index (χ1) is 5.91. The van der Waals surface area contributed by atoms with Crippen LogP contribution >= 0.6 is 0 Å². The van der Waals surface area contributed by atoms with E-state index in [2.05, 4.69) is 4.74 Å². The van der Waals surface area contributed by atoms with E-state index in [4.69, 9.17) is 30.6 Å². The Morgan fingerprint density at radius 3 is 2.15 bits per heavy atom. The van der Waals surface area contributed by atoms with Crippen molar-refractivity contribution in [2.75, 3.05) is 6.61 Å². The summed E-state index contributed by atoms with van der Waals surface area (Å²) in [7, 11) is 0. The molecule has 1 saturated heterocycles. The van der Waals surface area contributed by atoms with Crippen molar-refractivity contribution >= 4 is 0 Å². The second-order valence-electron chi connectivity index (χ2n) is 2.93. The van der Waals surface area contributed by atoms with Crippen LogP contribution in [0.25, 0.3) is 0 Å². The van der Waals surface area contributed by atoms with Crippen LogP contribution in [0.1, 0.15) is 0 Å². The average molecular weight is 196 g/mol. The monoisotopic (exact) mass is 196 g/mol. The summed E-state index contributed by atoms with van der Waals surface area (Å²) in [6.45, 7) is -0.647. The molecule has 0 saturated carbocycles. The Labute approximate surface area is 73.4 Å². The molecule has 0 aromatic carbocycles.